The molecule has 5 heteroatoms. The van der Waals surface area contributed by atoms with E-state index in [1.807, 2.05) is 6.92 Å². The summed E-state index contributed by atoms with van der Waals surface area (Å²) in [7, 11) is 1.75. The van der Waals surface area contributed by atoms with Crippen molar-refractivity contribution in [1.82, 2.24) is 15.5 Å². The van der Waals surface area contributed by atoms with E-state index < -0.39 is 0 Å². The number of rotatable bonds is 8. The fraction of sp³-hybridized carbons (Fsp3) is 0.846. The molecule has 1 aromatic heterocycles. The zero-order valence-corrected chi connectivity index (χ0v) is 12.1. The summed E-state index contributed by atoms with van der Waals surface area (Å²) in [5.41, 5.74) is -0.0910. The van der Waals surface area contributed by atoms with Gasteiger partial charge in [-0.15, -0.1) is 0 Å². The number of ether oxygens (including phenoxy) is 1. The molecule has 0 aliphatic heterocycles. The Morgan fingerprint density at radius 3 is 2.72 bits per heavy atom. The Kier molecular flexibility index (Phi) is 5.75. The van der Waals surface area contributed by atoms with Crippen molar-refractivity contribution in [3.8, 4) is 0 Å². The van der Waals surface area contributed by atoms with Gasteiger partial charge in [0.2, 0.25) is 5.89 Å². The van der Waals surface area contributed by atoms with Crippen LogP contribution in [0.25, 0.3) is 0 Å². The number of methoxy groups -OCH3 is 1. The van der Waals surface area contributed by atoms with Crippen molar-refractivity contribution in [2.75, 3.05) is 13.7 Å². The van der Waals surface area contributed by atoms with Crippen LogP contribution in [0, 0.1) is 0 Å². The molecule has 0 bridgehead atoms. The van der Waals surface area contributed by atoms with Crippen LogP contribution in [0.1, 0.15) is 45.8 Å². The first-order chi connectivity index (χ1) is 8.46. The Morgan fingerprint density at radius 2 is 2.17 bits per heavy atom. The zero-order chi connectivity index (χ0) is 13.6. The Bertz CT molecular complexity index is 350. The lowest BCUT2D eigenvalue weighted by Gasteiger charge is -2.27. The van der Waals surface area contributed by atoms with Gasteiger partial charge in [0, 0.05) is 32.5 Å². The van der Waals surface area contributed by atoms with E-state index in [-0.39, 0.29) is 5.60 Å². The fourth-order valence-electron chi connectivity index (χ4n) is 1.85. The largest absolute Gasteiger partial charge is 0.379 e. The SMILES string of the molecule is CCc1noc(CCN[C@H](C)CC(C)(C)OC)n1. The van der Waals surface area contributed by atoms with Gasteiger partial charge < -0.3 is 14.6 Å². The standard InChI is InChI=1S/C13H25N3O2/c1-6-11-15-12(18-16-11)7-8-14-10(2)9-13(3,4)17-5/h10,14H,6-9H2,1-5H3/t10-/m1/s1. The summed E-state index contributed by atoms with van der Waals surface area (Å²) in [6, 6.07) is 0.397. The first-order valence-electron chi connectivity index (χ1n) is 6.57. The van der Waals surface area contributed by atoms with E-state index in [9.17, 15) is 0 Å². The van der Waals surface area contributed by atoms with Gasteiger partial charge in [0.15, 0.2) is 5.82 Å². The third-order valence-electron chi connectivity index (χ3n) is 3.01. The van der Waals surface area contributed by atoms with Crippen molar-refractivity contribution in [3.05, 3.63) is 11.7 Å². The normalized spacial score (nSPS) is 13.8. The first kappa shape index (κ1) is 15.1. The molecule has 0 unspecified atom stereocenters. The molecule has 0 aliphatic carbocycles. The van der Waals surface area contributed by atoms with Gasteiger partial charge in [-0.3, -0.25) is 0 Å². The number of hydrogen-bond donors (Lipinski definition) is 1. The summed E-state index contributed by atoms with van der Waals surface area (Å²) in [6.45, 7) is 9.20. The molecule has 0 aromatic carbocycles. The topological polar surface area (TPSA) is 60.2 Å². The van der Waals surface area contributed by atoms with E-state index in [1.165, 1.54) is 0 Å². The van der Waals surface area contributed by atoms with Crippen molar-refractivity contribution < 1.29 is 9.26 Å². The number of aryl methyl sites for hydroxylation is 1. The van der Waals surface area contributed by atoms with Gasteiger partial charge in [0.25, 0.3) is 0 Å². The molecule has 18 heavy (non-hydrogen) atoms. The van der Waals surface area contributed by atoms with Crippen molar-refractivity contribution in [1.29, 1.82) is 0 Å². The molecular weight excluding hydrogens is 230 g/mol. The minimum absolute atomic E-state index is 0.0910. The molecule has 5 nitrogen and oxygen atoms in total. The van der Waals surface area contributed by atoms with Gasteiger partial charge in [0.05, 0.1) is 5.60 Å². The van der Waals surface area contributed by atoms with E-state index in [2.05, 4.69) is 36.2 Å². The quantitative estimate of drug-likeness (QED) is 0.769. The highest BCUT2D eigenvalue weighted by molar-refractivity contribution is 4.86. The zero-order valence-electron chi connectivity index (χ0n) is 12.1. The van der Waals surface area contributed by atoms with Gasteiger partial charge in [0.1, 0.15) is 0 Å². The summed E-state index contributed by atoms with van der Waals surface area (Å²) in [5, 5.41) is 7.31. The Balaban J connectivity index is 2.25. The van der Waals surface area contributed by atoms with Gasteiger partial charge in [-0.25, -0.2) is 0 Å². The minimum Gasteiger partial charge on any atom is -0.379 e. The average molecular weight is 255 g/mol. The maximum atomic E-state index is 5.41. The Morgan fingerprint density at radius 1 is 1.44 bits per heavy atom. The highest BCUT2D eigenvalue weighted by Gasteiger charge is 2.19. The van der Waals surface area contributed by atoms with Crippen molar-refractivity contribution in [2.45, 2.75) is 58.6 Å². The van der Waals surface area contributed by atoms with Crippen LogP contribution in [0.4, 0.5) is 0 Å². The van der Waals surface area contributed by atoms with Gasteiger partial charge in [-0.05, 0) is 27.2 Å². The number of nitrogens with one attached hydrogen (secondary N) is 1. The second-order valence-corrected chi connectivity index (χ2v) is 5.23. The monoisotopic (exact) mass is 255 g/mol. The molecule has 1 aromatic rings. The average Bonchev–Trinajstić information content (AvgIpc) is 2.76. The lowest BCUT2D eigenvalue weighted by atomic mass is 10.00. The molecule has 1 atom stereocenters. The van der Waals surface area contributed by atoms with Crippen LogP contribution < -0.4 is 5.32 Å². The van der Waals surface area contributed by atoms with Crippen molar-refractivity contribution in [2.24, 2.45) is 0 Å². The molecular formula is C13H25N3O2. The van der Waals surface area contributed by atoms with E-state index in [1.54, 1.807) is 7.11 Å². The summed E-state index contributed by atoms with van der Waals surface area (Å²) in [4.78, 5) is 4.27. The summed E-state index contributed by atoms with van der Waals surface area (Å²) >= 11 is 0. The second kappa shape index (κ2) is 6.85. The molecule has 0 radical (unpaired) electrons. The van der Waals surface area contributed by atoms with Gasteiger partial charge >= 0.3 is 0 Å². The predicted molar refractivity (Wildman–Crippen MR) is 70.5 cm³/mol. The molecule has 0 saturated heterocycles. The molecule has 0 aliphatic rings. The van der Waals surface area contributed by atoms with E-state index >= 15 is 0 Å². The lowest BCUT2D eigenvalue weighted by Crippen LogP contribution is -2.36. The number of hydrogen-bond acceptors (Lipinski definition) is 5. The predicted octanol–water partition coefficient (Wildman–Crippen LogP) is 1.97. The maximum Gasteiger partial charge on any atom is 0.227 e. The molecule has 1 heterocycles. The van der Waals surface area contributed by atoms with Crippen molar-refractivity contribution >= 4 is 0 Å². The summed E-state index contributed by atoms with van der Waals surface area (Å²) in [5.74, 6) is 1.48. The van der Waals surface area contributed by atoms with E-state index in [0.717, 1.165) is 31.6 Å². The van der Waals surface area contributed by atoms with Crippen LogP contribution in [0.15, 0.2) is 4.52 Å². The maximum absolute atomic E-state index is 5.41. The van der Waals surface area contributed by atoms with Gasteiger partial charge in [-0.1, -0.05) is 12.1 Å². The second-order valence-electron chi connectivity index (χ2n) is 5.23. The van der Waals surface area contributed by atoms with Crippen LogP contribution in [0.5, 0.6) is 0 Å². The van der Waals surface area contributed by atoms with E-state index in [0.29, 0.717) is 11.9 Å². The molecule has 1 rings (SSSR count). The minimum atomic E-state index is -0.0910. The van der Waals surface area contributed by atoms with Crippen LogP contribution in [-0.2, 0) is 17.6 Å². The van der Waals surface area contributed by atoms with Gasteiger partial charge in [-0.2, -0.15) is 4.98 Å². The molecule has 0 saturated carbocycles. The number of aromatic nitrogens is 2. The van der Waals surface area contributed by atoms with Crippen LogP contribution in [0.2, 0.25) is 0 Å². The Labute approximate surface area is 109 Å². The van der Waals surface area contributed by atoms with E-state index in [4.69, 9.17) is 9.26 Å². The molecule has 0 amide bonds. The first-order valence-corrected chi connectivity index (χ1v) is 6.57. The molecule has 104 valence electrons. The third kappa shape index (κ3) is 5.14. The Hall–Kier alpha value is -0.940. The summed E-state index contributed by atoms with van der Waals surface area (Å²) in [6.07, 6.45) is 2.55. The molecule has 0 fully saturated rings. The van der Waals surface area contributed by atoms with Crippen LogP contribution >= 0.6 is 0 Å². The lowest BCUT2D eigenvalue weighted by molar-refractivity contribution is 0.00862. The number of nitrogens with zero attached hydrogens (tertiary/aromatic N) is 2. The van der Waals surface area contributed by atoms with Crippen molar-refractivity contribution in [3.63, 3.8) is 0 Å². The van der Waals surface area contributed by atoms with Crippen LogP contribution in [0.3, 0.4) is 0 Å². The molecule has 1 N–H and O–H groups in total. The fourth-order valence-corrected chi connectivity index (χ4v) is 1.85. The third-order valence-corrected chi connectivity index (χ3v) is 3.01. The smallest absolute Gasteiger partial charge is 0.227 e. The van der Waals surface area contributed by atoms with Crippen LogP contribution in [-0.4, -0.2) is 35.4 Å². The molecule has 0 spiro atoms. The highest BCUT2D eigenvalue weighted by Crippen LogP contribution is 2.15. The summed E-state index contributed by atoms with van der Waals surface area (Å²) < 4.78 is 10.5. The highest BCUT2D eigenvalue weighted by atomic mass is 16.5.